The van der Waals surface area contributed by atoms with Gasteiger partial charge < -0.3 is 10.1 Å². The van der Waals surface area contributed by atoms with Crippen LogP contribution in [0.3, 0.4) is 0 Å². The van der Waals surface area contributed by atoms with Crippen molar-refractivity contribution >= 4 is 0 Å². The number of rotatable bonds is 8. The smallest absolute Gasteiger partial charge is 0.137 e. The normalized spacial score (nSPS) is 18.1. The fourth-order valence-electron chi connectivity index (χ4n) is 2.43. The molecule has 1 fully saturated rings. The minimum atomic E-state index is 0.403. The Kier molecular flexibility index (Phi) is 4.81. The minimum absolute atomic E-state index is 0.403. The fraction of sp³-hybridized carbons (Fsp3) is 0.688. The monoisotopic (exact) mass is 262 g/mol. The van der Waals surface area contributed by atoms with Gasteiger partial charge in [0.15, 0.2) is 0 Å². The van der Waals surface area contributed by atoms with Gasteiger partial charge in [-0.05, 0) is 49.3 Å². The van der Waals surface area contributed by atoms with Crippen LogP contribution in [-0.4, -0.2) is 18.1 Å². The molecule has 106 valence electrons. The first kappa shape index (κ1) is 14.3. The molecule has 1 N–H and O–H groups in total. The van der Waals surface area contributed by atoms with E-state index in [1.807, 2.05) is 12.4 Å². The third-order valence-electron chi connectivity index (χ3n) is 3.87. The van der Waals surface area contributed by atoms with Crippen LogP contribution >= 0.6 is 0 Å². The van der Waals surface area contributed by atoms with Crippen LogP contribution in [0, 0.1) is 5.41 Å². The van der Waals surface area contributed by atoms with E-state index in [-0.39, 0.29) is 0 Å². The summed E-state index contributed by atoms with van der Waals surface area (Å²) in [5.74, 6) is 0.895. The van der Waals surface area contributed by atoms with Gasteiger partial charge in [0.2, 0.25) is 0 Å². The summed E-state index contributed by atoms with van der Waals surface area (Å²) in [6.07, 6.45) is 8.58. The lowest BCUT2D eigenvalue weighted by molar-refractivity contribution is 0.313. The van der Waals surface area contributed by atoms with Gasteiger partial charge >= 0.3 is 0 Å². The maximum atomic E-state index is 5.69. The van der Waals surface area contributed by atoms with E-state index < -0.39 is 0 Å². The lowest BCUT2D eigenvalue weighted by atomic mass is 9.92. The van der Waals surface area contributed by atoms with Crippen molar-refractivity contribution in [2.24, 2.45) is 5.41 Å². The third-order valence-corrected chi connectivity index (χ3v) is 3.87. The molecule has 3 heteroatoms. The highest BCUT2D eigenvalue weighted by molar-refractivity contribution is 5.28. The molecule has 1 aromatic rings. The van der Waals surface area contributed by atoms with Crippen LogP contribution in [0.15, 0.2) is 18.5 Å². The molecule has 1 aromatic heterocycles. The number of aromatic nitrogens is 1. The Hall–Kier alpha value is -1.09. The molecule has 0 saturated heterocycles. The van der Waals surface area contributed by atoms with E-state index in [4.69, 9.17) is 4.74 Å². The van der Waals surface area contributed by atoms with Crippen molar-refractivity contribution < 1.29 is 4.74 Å². The quantitative estimate of drug-likeness (QED) is 0.775. The standard InChI is InChI=1S/C16H26N2O/c1-4-8-18-15(16(3)6-7-16)13-10-14(12-17-11-13)19-9-5-2/h10-12,15,18H,4-9H2,1-3H3. The van der Waals surface area contributed by atoms with Crippen LogP contribution in [-0.2, 0) is 0 Å². The first-order valence-corrected chi connectivity index (χ1v) is 7.50. The zero-order valence-electron chi connectivity index (χ0n) is 12.4. The second-order valence-corrected chi connectivity index (χ2v) is 5.84. The first-order valence-electron chi connectivity index (χ1n) is 7.50. The number of nitrogens with one attached hydrogen (secondary N) is 1. The summed E-state index contributed by atoms with van der Waals surface area (Å²) < 4.78 is 5.69. The van der Waals surface area contributed by atoms with Crippen molar-refractivity contribution in [3.8, 4) is 5.75 Å². The van der Waals surface area contributed by atoms with Gasteiger partial charge in [-0.25, -0.2) is 0 Å². The average Bonchev–Trinajstić information content (AvgIpc) is 3.16. The van der Waals surface area contributed by atoms with Crippen molar-refractivity contribution in [2.75, 3.05) is 13.2 Å². The lowest BCUT2D eigenvalue weighted by Gasteiger charge is -2.25. The van der Waals surface area contributed by atoms with Gasteiger partial charge in [-0.1, -0.05) is 20.8 Å². The lowest BCUT2D eigenvalue weighted by Crippen LogP contribution is -2.28. The summed E-state index contributed by atoms with van der Waals surface area (Å²) in [6.45, 7) is 8.50. The predicted molar refractivity (Wildman–Crippen MR) is 78.4 cm³/mol. The molecule has 0 aliphatic heterocycles. The summed E-state index contributed by atoms with van der Waals surface area (Å²) in [5.41, 5.74) is 1.67. The Morgan fingerprint density at radius 3 is 2.74 bits per heavy atom. The maximum absolute atomic E-state index is 5.69. The van der Waals surface area contributed by atoms with Crippen molar-refractivity contribution in [1.29, 1.82) is 0 Å². The van der Waals surface area contributed by atoms with Gasteiger partial charge in [-0.2, -0.15) is 0 Å². The van der Waals surface area contributed by atoms with E-state index in [0.29, 0.717) is 11.5 Å². The molecule has 0 amide bonds. The summed E-state index contributed by atoms with van der Waals surface area (Å²) in [5, 5.41) is 3.68. The van der Waals surface area contributed by atoms with Crippen LogP contribution in [0.2, 0.25) is 0 Å². The first-order chi connectivity index (χ1) is 9.19. The topological polar surface area (TPSA) is 34.2 Å². The Bertz CT molecular complexity index is 401. The number of nitrogens with zero attached hydrogens (tertiary/aromatic N) is 1. The molecule has 3 nitrogen and oxygen atoms in total. The van der Waals surface area contributed by atoms with Gasteiger partial charge in [0.25, 0.3) is 0 Å². The van der Waals surface area contributed by atoms with Gasteiger partial charge in [0.05, 0.1) is 12.8 Å². The minimum Gasteiger partial charge on any atom is -0.492 e. The summed E-state index contributed by atoms with van der Waals surface area (Å²) in [7, 11) is 0. The Labute approximate surface area is 116 Å². The second kappa shape index (κ2) is 6.38. The molecule has 1 saturated carbocycles. The molecule has 0 aromatic carbocycles. The highest BCUT2D eigenvalue weighted by Gasteiger charge is 2.45. The summed E-state index contributed by atoms with van der Waals surface area (Å²) in [6, 6.07) is 2.56. The SMILES string of the molecule is CCCNC(c1cncc(OCCC)c1)C1(C)CC1. The largest absolute Gasteiger partial charge is 0.492 e. The van der Waals surface area contributed by atoms with Gasteiger partial charge in [0, 0.05) is 12.2 Å². The molecular weight excluding hydrogens is 236 g/mol. The van der Waals surface area contributed by atoms with E-state index in [2.05, 4.69) is 37.1 Å². The molecule has 1 unspecified atom stereocenters. The average molecular weight is 262 g/mol. The van der Waals surface area contributed by atoms with Crippen molar-refractivity contribution in [3.05, 3.63) is 24.0 Å². The fourth-order valence-corrected chi connectivity index (χ4v) is 2.43. The molecule has 1 aliphatic carbocycles. The zero-order valence-corrected chi connectivity index (χ0v) is 12.4. The van der Waals surface area contributed by atoms with E-state index in [1.54, 1.807) is 0 Å². The van der Waals surface area contributed by atoms with Crippen molar-refractivity contribution in [2.45, 2.75) is 52.5 Å². The molecule has 0 bridgehead atoms. The summed E-state index contributed by atoms with van der Waals surface area (Å²) >= 11 is 0. The Balaban J connectivity index is 2.11. The number of ether oxygens (including phenoxy) is 1. The molecule has 1 atom stereocenters. The molecular formula is C16H26N2O. The molecule has 19 heavy (non-hydrogen) atoms. The summed E-state index contributed by atoms with van der Waals surface area (Å²) in [4.78, 5) is 4.34. The molecule has 0 radical (unpaired) electrons. The van der Waals surface area contributed by atoms with Gasteiger partial charge in [-0.3, -0.25) is 4.98 Å². The van der Waals surface area contributed by atoms with Crippen molar-refractivity contribution in [1.82, 2.24) is 10.3 Å². The van der Waals surface area contributed by atoms with Crippen LogP contribution in [0.1, 0.15) is 58.1 Å². The van der Waals surface area contributed by atoms with Gasteiger partial charge in [0.1, 0.15) is 5.75 Å². The maximum Gasteiger partial charge on any atom is 0.137 e. The molecule has 1 aliphatic rings. The predicted octanol–water partition coefficient (Wildman–Crippen LogP) is 3.71. The highest BCUT2D eigenvalue weighted by atomic mass is 16.5. The Morgan fingerprint density at radius 2 is 2.11 bits per heavy atom. The molecule has 2 rings (SSSR count). The van der Waals surface area contributed by atoms with Crippen LogP contribution in [0.5, 0.6) is 5.75 Å². The van der Waals surface area contributed by atoms with E-state index in [9.17, 15) is 0 Å². The highest BCUT2D eigenvalue weighted by Crippen LogP contribution is 2.54. The van der Waals surface area contributed by atoms with E-state index in [1.165, 1.54) is 18.4 Å². The van der Waals surface area contributed by atoms with Crippen molar-refractivity contribution in [3.63, 3.8) is 0 Å². The number of hydrogen-bond acceptors (Lipinski definition) is 3. The van der Waals surface area contributed by atoms with Crippen LogP contribution in [0.4, 0.5) is 0 Å². The van der Waals surface area contributed by atoms with Gasteiger partial charge in [-0.15, -0.1) is 0 Å². The zero-order chi connectivity index (χ0) is 13.7. The third kappa shape index (κ3) is 3.69. The Morgan fingerprint density at radius 1 is 1.32 bits per heavy atom. The molecule has 1 heterocycles. The van der Waals surface area contributed by atoms with E-state index in [0.717, 1.165) is 31.7 Å². The van der Waals surface area contributed by atoms with Crippen LogP contribution in [0.25, 0.3) is 0 Å². The van der Waals surface area contributed by atoms with Crippen LogP contribution < -0.4 is 10.1 Å². The number of pyridine rings is 1. The molecule has 0 spiro atoms. The van der Waals surface area contributed by atoms with E-state index >= 15 is 0 Å². The second-order valence-electron chi connectivity index (χ2n) is 5.84. The number of hydrogen-bond donors (Lipinski definition) is 1.